The number of nitrogens with zero attached hydrogens (tertiary/aromatic N) is 2. The molecule has 1 amide bonds. The van der Waals surface area contributed by atoms with E-state index in [0.29, 0.717) is 18.7 Å². The predicted molar refractivity (Wildman–Crippen MR) is 76.4 cm³/mol. The smallest absolute Gasteiger partial charge is 0.254 e. The summed E-state index contributed by atoms with van der Waals surface area (Å²) in [4.78, 5) is 18.4. The van der Waals surface area contributed by atoms with E-state index in [-0.39, 0.29) is 11.9 Å². The molecule has 1 N–H and O–H groups in total. The van der Waals surface area contributed by atoms with Gasteiger partial charge in [-0.1, -0.05) is 0 Å². The maximum Gasteiger partial charge on any atom is 0.254 e. The molecule has 0 radical (unpaired) electrons. The van der Waals surface area contributed by atoms with Crippen LogP contribution in [-0.2, 0) is 4.74 Å². The second kappa shape index (κ2) is 7.74. The molecule has 1 aromatic heterocycles. The molecular weight excluding hydrogens is 242 g/mol. The third kappa shape index (κ3) is 4.52. The maximum absolute atomic E-state index is 12.5. The number of pyridine rings is 1. The Morgan fingerprint density at radius 1 is 1.53 bits per heavy atom. The maximum atomic E-state index is 12.5. The van der Waals surface area contributed by atoms with Gasteiger partial charge in [-0.3, -0.25) is 4.79 Å². The van der Waals surface area contributed by atoms with Crippen molar-refractivity contribution < 1.29 is 9.53 Å². The van der Waals surface area contributed by atoms with Crippen LogP contribution in [0.5, 0.6) is 0 Å². The number of hydrogen-bond acceptors (Lipinski definition) is 4. The summed E-state index contributed by atoms with van der Waals surface area (Å²) in [5.74, 6) is 0.734. The lowest BCUT2D eigenvalue weighted by Gasteiger charge is -2.26. The second-order valence-electron chi connectivity index (χ2n) is 4.55. The molecule has 5 heteroatoms. The van der Waals surface area contributed by atoms with Crippen molar-refractivity contribution in [1.82, 2.24) is 9.88 Å². The molecule has 0 aliphatic heterocycles. The Labute approximate surface area is 115 Å². The second-order valence-corrected chi connectivity index (χ2v) is 4.55. The average molecular weight is 265 g/mol. The summed E-state index contributed by atoms with van der Waals surface area (Å²) >= 11 is 0. The van der Waals surface area contributed by atoms with Gasteiger partial charge in [0.25, 0.3) is 5.91 Å². The summed E-state index contributed by atoms with van der Waals surface area (Å²) in [7, 11) is 1.64. The van der Waals surface area contributed by atoms with Crippen LogP contribution in [0.15, 0.2) is 18.3 Å². The minimum Gasteiger partial charge on any atom is -0.383 e. The lowest BCUT2D eigenvalue weighted by Crippen LogP contribution is -2.39. The first-order valence-corrected chi connectivity index (χ1v) is 6.60. The van der Waals surface area contributed by atoms with E-state index >= 15 is 0 Å². The van der Waals surface area contributed by atoms with E-state index in [4.69, 9.17) is 4.74 Å². The fourth-order valence-corrected chi connectivity index (χ4v) is 1.79. The Kier molecular flexibility index (Phi) is 6.29. The third-order valence-corrected chi connectivity index (χ3v) is 2.79. The van der Waals surface area contributed by atoms with Gasteiger partial charge in [-0.05, 0) is 32.9 Å². The summed E-state index contributed by atoms with van der Waals surface area (Å²) in [6, 6.07) is 3.66. The molecule has 0 bridgehead atoms. The summed E-state index contributed by atoms with van der Waals surface area (Å²) in [5.41, 5.74) is 0.649. The van der Waals surface area contributed by atoms with Crippen molar-refractivity contribution in [1.29, 1.82) is 0 Å². The number of aromatic nitrogens is 1. The fraction of sp³-hybridized carbons (Fsp3) is 0.571. The predicted octanol–water partition coefficient (Wildman–Crippen LogP) is 2.01. The Bertz CT molecular complexity index is 407. The lowest BCUT2D eigenvalue weighted by molar-refractivity contribution is 0.0635. The minimum absolute atomic E-state index is 0.00797. The van der Waals surface area contributed by atoms with Crippen LogP contribution in [0.4, 0.5) is 5.82 Å². The molecule has 1 heterocycles. The topological polar surface area (TPSA) is 54.5 Å². The fourth-order valence-electron chi connectivity index (χ4n) is 1.79. The van der Waals surface area contributed by atoms with Gasteiger partial charge in [-0.15, -0.1) is 0 Å². The first-order chi connectivity index (χ1) is 9.10. The summed E-state index contributed by atoms with van der Waals surface area (Å²) in [6.07, 6.45) is 1.65. The molecule has 0 spiro atoms. The average Bonchev–Trinajstić information content (AvgIpc) is 2.39. The highest BCUT2D eigenvalue weighted by Crippen LogP contribution is 2.11. The number of hydrogen-bond donors (Lipinski definition) is 1. The van der Waals surface area contributed by atoms with Crippen molar-refractivity contribution in [2.24, 2.45) is 0 Å². The first kappa shape index (κ1) is 15.4. The Balaban J connectivity index is 2.86. The van der Waals surface area contributed by atoms with E-state index < -0.39 is 0 Å². The molecule has 5 nitrogen and oxygen atoms in total. The molecule has 0 aliphatic rings. The zero-order valence-electron chi connectivity index (χ0n) is 12.1. The van der Waals surface area contributed by atoms with Gasteiger partial charge >= 0.3 is 0 Å². The normalized spacial score (nSPS) is 10.6. The van der Waals surface area contributed by atoms with Crippen molar-refractivity contribution in [3.05, 3.63) is 23.9 Å². The van der Waals surface area contributed by atoms with Crippen LogP contribution in [0.2, 0.25) is 0 Å². The molecule has 0 aromatic carbocycles. The van der Waals surface area contributed by atoms with Crippen molar-refractivity contribution >= 4 is 11.7 Å². The molecular formula is C14H23N3O2. The summed E-state index contributed by atoms with van der Waals surface area (Å²) in [5, 5.41) is 3.11. The zero-order valence-corrected chi connectivity index (χ0v) is 12.1. The number of anilines is 1. The molecule has 1 rings (SSSR count). The Morgan fingerprint density at radius 3 is 2.84 bits per heavy atom. The number of carbonyl (C=O) groups excluding carboxylic acids is 1. The van der Waals surface area contributed by atoms with Crippen LogP contribution in [0.25, 0.3) is 0 Å². The minimum atomic E-state index is 0.00797. The van der Waals surface area contributed by atoms with Crippen molar-refractivity contribution in [3.63, 3.8) is 0 Å². The number of ether oxygens (including phenoxy) is 1. The molecule has 1 aromatic rings. The van der Waals surface area contributed by atoms with E-state index in [1.165, 1.54) is 0 Å². The molecule has 0 unspecified atom stereocenters. The van der Waals surface area contributed by atoms with Gasteiger partial charge in [0.1, 0.15) is 5.82 Å². The van der Waals surface area contributed by atoms with Crippen molar-refractivity contribution in [3.8, 4) is 0 Å². The molecule has 106 valence electrons. The number of carbonyl (C=O) groups is 1. The molecule has 0 atom stereocenters. The monoisotopic (exact) mass is 265 g/mol. The standard InChI is InChI=1S/C14H23N3O2/c1-5-15-13-10-12(6-7-16-13)14(18)17(11(2)3)8-9-19-4/h6-7,10-11H,5,8-9H2,1-4H3,(H,15,16). The van der Waals surface area contributed by atoms with Crippen LogP contribution < -0.4 is 5.32 Å². The van der Waals surface area contributed by atoms with Crippen molar-refractivity contribution in [2.75, 3.05) is 32.1 Å². The van der Waals surface area contributed by atoms with Crippen LogP contribution in [-0.4, -0.2) is 48.6 Å². The Hall–Kier alpha value is -1.62. The van der Waals surface area contributed by atoms with E-state index in [1.807, 2.05) is 20.8 Å². The van der Waals surface area contributed by atoms with Crippen LogP contribution in [0, 0.1) is 0 Å². The van der Waals surface area contributed by atoms with Gasteiger partial charge in [0, 0.05) is 38.0 Å². The first-order valence-electron chi connectivity index (χ1n) is 6.60. The molecule has 0 fully saturated rings. The SMILES string of the molecule is CCNc1cc(C(=O)N(CCOC)C(C)C)ccn1. The molecule has 0 aliphatic carbocycles. The highest BCUT2D eigenvalue weighted by Gasteiger charge is 2.18. The summed E-state index contributed by atoms with van der Waals surface area (Å²) in [6.45, 7) is 7.90. The highest BCUT2D eigenvalue weighted by molar-refractivity contribution is 5.95. The van der Waals surface area contributed by atoms with E-state index in [9.17, 15) is 4.79 Å². The van der Waals surface area contributed by atoms with Gasteiger partial charge in [-0.2, -0.15) is 0 Å². The number of methoxy groups -OCH3 is 1. The van der Waals surface area contributed by atoms with Crippen molar-refractivity contribution in [2.45, 2.75) is 26.8 Å². The van der Waals surface area contributed by atoms with Gasteiger partial charge in [0.05, 0.1) is 6.61 Å². The van der Waals surface area contributed by atoms with Crippen LogP contribution in [0.3, 0.4) is 0 Å². The lowest BCUT2D eigenvalue weighted by atomic mass is 10.2. The van der Waals surface area contributed by atoms with E-state index in [2.05, 4.69) is 10.3 Å². The van der Waals surface area contributed by atoms with Crippen LogP contribution >= 0.6 is 0 Å². The summed E-state index contributed by atoms with van der Waals surface area (Å²) < 4.78 is 5.05. The number of amides is 1. The largest absolute Gasteiger partial charge is 0.383 e. The zero-order chi connectivity index (χ0) is 14.3. The Morgan fingerprint density at radius 2 is 2.26 bits per heavy atom. The van der Waals surface area contributed by atoms with Gasteiger partial charge in [0.15, 0.2) is 0 Å². The van der Waals surface area contributed by atoms with Gasteiger partial charge in [-0.25, -0.2) is 4.98 Å². The molecule has 19 heavy (non-hydrogen) atoms. The van der Waals surface area contributed by atoms with E-state index in [0.717, 1.165) is 12.4 Å². The van der Waals surface area contributed by atoms with Gasteiger partial charge < -0.3 is 15.0 Å². The number of nitrogens with one attached hydrogen (secondary N) is 1. The van der Waals surface area contributed by atoms with E-state index in [1.54, 1.807) is 30.3 Å². The highest BCUT2D eigenvalue weighted by atomic mass is 16.5. The third-order valence-electron chi connectivity index (χ3n) is 2.79. The number of rotatable bonds is 7. The molecule has 0 saturated heterocycles. The van der Waals surface area contributed by atoms with Gasteiger partial charge in [0.2, 0.25) is 0 Å². The molecule has 0 saturated carbocycles. The van der Waals surface area contributed by atoms with Crippen LogP contribution in [0.1, 0.15) is 31.1 Å². The quantitative estimate of drug-likeness (QED) is 0.819.